The fraction of sp³-hybridized carbons (Fsp3) is 0.211. The van der Waals surface area contributed by atoms with Crippen molar-refractivity contribution < 1.29 is 18.0 Å². The predicted octanol–water partition coefficient (Wildman–Crippen LogP) is 4.76. The van der Waals surface area contributed by atoms with Crippen LogP contribution in [-0.4, -0.2) is 26.0 Å². The van der Waals surface area contributed by atoms with Gasteiger partial charge in [-0.05, 0) is 32.0 Å². The average Bonchev–Trinajstić information content (AvgIpc) is 3.03. The smallest absolute Gasteiger partial charge is 0.335 e. The van der Waals surface area contributed by atoms with Gasteiger partial charge in [0.05, 0.1) is 21.5 Å². The predicted molar refractivity (Wildman–Crippen MR) is 111 cm³/mol. The topological polar surface area (TPSA) is 85.8 Å². The molecule has 0 aliphatic carbocycles. The molecule has 1 atom stereocenters. The van der Waals surface area contributed by atoms with Gasteiger partial charge in [0.25, 0.3) is 0 Å². The number of hydrogen-bond acceptors (Lipinski definition) is 5. The van der Waals surface area contributed by atoms with Crippen molar-refractivity contribution in [3.63, 3.8) is 0 Å². The number of carbonyl (C=O) groups excluding carboxylic acids is 1. The first-order valence-electron chi connectivity index (χ1n) is 8.68. The van der Waals surface area contributed by atoms with E-state index in [0.29, 0.717) is 5.82 Å². The molecule has 3 aromatic rings. The van der Waals surface area contributed by atoms with Gasteiger partial charge in [-0.15, -0.1) is 10.2 Å². The minimum atomic E-state index is -4.55. The van der Waals surface area contributed by atoms with Gasteiger partial charge in [-0.25, -0.2) is 4.68 Å². The molecule has 0 saturated heterocycles. The number of amides is 1. The number of halogens is 4. The lowest BCUT2D eigenvalue weighted by Gasteiger charge is -2.14. The standard InChI is InChI=1S/C19H17ClF3N5OS/c1-10-3-5-12(6-4-10)16-26-27-18(28(16)24)30-11(2)17(29)25-15-9-13(19(21,22)23)7-8-14(15)20/h3-9,11H,24H2,1-2H3,(H,25,29). The molecule has 6 nitrogen and oxygen atoms in total. The molecule has 3 rings (SSSR count). The van der Waals surface area contributed by atoms with Crippen molar-refractivity contribution in [3.05, 3.63) is 58.6 Å². The summed E-state index contributed by atoms with van der Waals surface area (Å²) in [5, 5.41) is 10.0. The number of nitrogens with one attached hydrogen (secondary N) is 1. The molecule has 30 heavy (non-hydrogen) atoms. The van der Waals surface area contributed by atoms with Crippen molar-refractivity contribution >= 4 is 35.0 Å². The van der Waals surface area contributed by atoms with Gasteiger partial charge in [0.1, 0.15) is 0 Å². The van der Waals surface area contributed by atoms with E-state index >= 15 is 0 Å². The number of nitrogen functional groups attached to an aromatic ring is 1. The van der Waals surface area contributed by atoms with Crippen molar-refractivity contribution in [1.29, 1.82) is 0 Å². The second kappa shape index (κ2) is 8.57. The molecule has 0 bridgehead atoms. The zero-order valence-electron chi connectivity index (χ0n) is 15.9. The van der Waals surface area contributed by atoms with E-state index in [4.69, 9.17) is 17.4 Å². The minimum absolute atomic E-state index is 0.00259. The molecule has 158 valence electrons. The van der Waals surface area contributed by atoms with Crippen LogP contribution in [0.5, 0.6) is 0 Å². The van der Waals surface area contributed by atoms with Gasteiger partial charge in [-0.1, -0.05) is 53.2 Å². The highest BCUT2D eigenvalue weighted by atomic mass is 35.5. The number of hydrogen-bond donors (Lipinski definition) is 2. The number of alkyl halides is 3. The molecule has 11 heteroatoms. The van der Waals surface area contributed by atoms with Crippen molar-refractivity contribution in [2.45, 2.75) is 30.4 Å². The number of anilines is 1. The fourth-order valence-corrected chi connectivity index (χ4v) is 3.44. The fourth-order valence-electron chi connectivity index (χ4n) is 2.50. The molecule has 1 unspecified atom stereocenters. The molecule has 0 radical (unpaired) electrons. The summed E-state index contributed by atoms with van der Waals surface area (Å²) in [6.45, 7) is 3.52. The zero-order chi connectivity index (χ0) is 22.1. The molecule has 1 amide bonds. The van der Waals surface area contributed by atoms with E-state index in [9.17, 15) is 18.0 Å². The highest BCUT2D eigenvalue weighted by Gasteiger charge is 2.31. The Bertz CT molecular complexity index is 1070. The number of aromatic nitrogens is 3. The molecule has 1 heterocycles. The average molecular weight is 456 g/mol. The van der Waals surface area contributed by atoms with Crippen LogP contribution in [0, 0.1) is 6.92 Å². The number of carbonyl (C=O) groups is 1. The van der Waals surface area contributed by atoms with Crippen molar-refractivity contribution in [1.82, 2.24) is 14.9 Å². The number of nitrogens with zero attached hydrogens (tertiary/aromatic N) is 3. The first kappa shape index (κ1) is 22.0. The second-order valence-electron chi connectivity index (χ2n) is 6.48. The molecule has 0 aliphatic rings. The third-order valence-electron chi connectivity index (χ3n) is 4.18. The van der Waals surface area contributed by atoms with E-state index < -0.39 is 22.9 Å². The lowest BCUT2D eigenvalue weighted by molar-refractivity contribution is -0.137. The number of benzene rings is 2. The van der Waals surface area contributed by atoms with Crippen molar-refractivity contribution in [3.8, 4) is 11.4 Å². The molecule has 1 aromatic heterocycles. The molecular formula is C19H17ClF3N5OS. The highest BCUT2D eigenvalue weighted by molar-refractivity contribution is 8.00. The van der Waals surface area contributed by atoms with Gasteiger partial charge in [0, 0.05) is 5.56 Å². The van der Waals surface area contributed by atoms with Gasteiger partial charge in [0.15, 0.2) is 5.82 Å². The van der Waals surface area contributed by atoms with Crippen LogP contribution in [-0.2, 0) is 11.0 Å². The molecule has 0 spiro atoms. The third kappa shape index (κ3) is 4.88. The summed E-state index contributed by atoms with van der Waals surface area (Å²) in [7, 11) is 0. The van der Waals surface area contributed by atoms with Gasteiger partial charge in [-0.3, -0.25) is 4.79 Å². The van der Waals surface area contributed by atoms with Crippen molar-refractivity contribution in [2.24, 2.45) is 0 Å². The Morgan fingerprint density at radius 2 is 1.87 bits per heavy atom. The summed E-state index contributed by atoms with van der Waals surface area (Å²) in [6.07, 6.45) is -4.55. The minimum Gasteiger partial charge on any atom is -0.335 e. The Labute approximate surface area is 179 Å². The van der Waals surface area contributed by atoms with Crippen LogP contribution in [0.25, 0.3) is 11.4 Å². The highest BCUT2D eigenvalue weighted by Crippen LogP contribution is 2.34. The van der Waals surface area contributed by atoms with E-state index in [1.54, 1.807) is 6.92 Å². The number of thioether (sulfide) groups is 1. The molecule has 2 aromatic carbocycles. The van der Waals surface area contributed by atoms with E-state index in [1.807, 2.05) is 31.2 Å². The van der Waals surface area contributed by atoms with Gasteiger partial charge in [-0.2, -0.15) is 13.2 Å². The lowest BCUT2D eigenvalue weighted by atomic mass is 10.1. The van der Waals surface area contributed by atoms with E-state index in [0.717, 1.165) is 41.1 Å². The Balaban J connectivity index is 1.73. The number of nitrogens with two attached hydrogens (primary N) is 1. The monoisotopic (exact) mass is 455 g/mol. The Hall–Kier alpha value is -2.72. The Morgan fingerprint density at radius 1 is 1.20 bits per heavy atom. The molecule has 3 N–H and O–H groups in total. The molecule has 0 fully saturated rings. The van der Waals surface area contributed by atoms with Crippen LogP contribution < -0.4 is 11.2 Å². The SMILES string of the molecule is Cc1ccc(-c2nnc(SC(C)C(=O)Nc3cc(C(F)(F)F)ccc3Cl)n2N)cc1. The number of aryl methyl sites for hydroxylation is 1. The summed E-state index contributed by atoms with van der Waals surface area (Å²) in [6, 6.07) is 10.2. The van der Waals surface area contributed by atoms with Gasteiger partial charge >= 0.3 is 6.18 Å². The Kier molecular flexibility index (Phi) is 6.27. The maximum absolute atomic E-state index is 12.9. The summed E-state index contributed by atoms with van der Waals surface area (Å²) < 4.78 is 40.0. The summed E-state index contributed by atoms with van der Waals surface area (Å²) in [5.41, 5.74) is 0.802. The van der Waals surface area contributed by atoms with E-state index in [1.165, 1.54) is 4.68 Å². The quantitative estimate of drug-likeness (QED) is 0.428. The Morgan fingerprint density at radius 3 is 2.50 bits per heavy atom. The third-order valence-corrected chi connectivity index (χ3v) is 5.56. The second-order valence-corrected chi connectivity index (χ2v) is 8.20. The maximum atomic E-state index is 12.9. The summed E-state index contributed by atoms with van der Waals surface area (Å²) >= 11 is 6.95. The molecule has 0 saturated carbocycles. The van der Waals surface area contributed by atoms with Crippen molar-refractivity contribution in [2.75, 3.05) is 11.2 Å². The summed E-state index contributed by atoms with van der Waals surface area (Å²) in [5.74, 6) is 5.93. The van der Waals surface area contributed by atoms with E-state index in [-0.39, 0.29) is 15.9 Å². The zero-order valence-corrected chi connectivity index (χ0v) is 17.4. The largest absolute Gasteiger partial charge is 0.416 e. The van der Waals surface area contributed by atoms with Crippen LogP contribution in [0.2, 0.25) is 5.02 Å². The molecular weight excluding hydrogens is 439 g/mol. The lowest BCUT2D eigenvalue weighted by Crippen LogP contribution is -2.24. The van der Waals surface area contributed by atoms with Crippen LogP contribution in [0.3, 0.4) is 0 Å². The normalized spacial score (nSPS) is 12.6. The van der Waals surface area contributed by atoms with Crippen LogP contribution in [0.15, 0.2) is 47.6 Å². The van der Waals surface area contributed by atoms with Gasteiger partial charge in [0.2, 0.25) is 11.1 Å². The van der Waals surface area contributed by atoms with Gasteiger partial charge < -0.3 is 11.2 Å². The first-order chi connectivity index (χ1) is 14.1. The maximum Gasteiger partial charge on any atom is 0.416 e. The first-order valence-corrected chi connectivity index (χ1v) is 9.94. The van der Waals surface area contributed by atoms with Crippen LogP contribution in [0.4, 0.5) is 18.9 Å². The van der Waals surface area contributed by atoms with Crippen LogP contribution >= 0.6 is 23.4 Å². The molecule has 0 aliphatic heterocycles. The summed E-state index contributed by atoms with van der Waals surface area (Å²) in [4.78, 5) is 12.5. The van der Waals surface area contributed by atoms with E-state index in [2.05, 4.69) is 15.5 Å². The van der Waals surface area contributed by atoms with Crippen LogP contribution in [0.1, 0.15) is 18.1 Å². The number of rotatable bonds is 5.